The first-order valence-corrected chi connectivity index (χ1v) is 9.52. The maximum atomic E-state index is 12.8. The molecule has 2 atom stereocenters. The van der Waals surface area contributed by atoms with Crippen molar-refractivity contribution in [2.75, 3.05) is 26.6 Å². The Balaban J connectivity index is 1.71. The van der Waals surface area contributed by atoms with Crippen molar-refractivity contribution in [3.05, 3.63) is 47.5 Å². The third-order valence-corrected chi connectivity index (χ3v) is 5.13. The number of aryl methyl sites for hydroxylation is 1. The topological polar surface area (TPSA) is 68.8 Å². The van der Waals surface area contributed by atoms with Crippen molar-refractivity contribution in [2.45, 2.75) is 38.3 Å². The predicted molar refractivity (Wildman–Crippen MR) is 109 cm³/mol. The van der Waals surface area contributed by atoms with Crippen molar-refractivity contribution in [1.29, 1.82) is 0 Å². The van der Waals surface area contributed by atoms with E-state index in [1.165, 1.54) is 11.1 Å². The molecule has 2 aromatic rings. The van der Waals surface area contributed by atoms with Gasteiger partial charge in [-0.05, 0) is 37.3 Å². The van der Waals surface area contributed by atoms with Crippen LogP contribution >= 0.6 is 0 Å². The minimum absolute atomic E-state index is 0.0459. The number of hydrogen-bond donors (Lipinski definition) is 2. The van der Waals surface area contributed by atoms with Gasteiger partial charge in [0.2, 0.25) is 11.7 Å². The van der Waals surface area contributed by atoms with E-state index < -0.39 is 6.04 Å². The van der Waals surface area contributed by atoms with E-state index in [2.05, 4.69) is 28.8 Å². The molecule has 28 heavy (non-hydrogen) atoms. The van der Waals surface area contributed by atoms with Crippen molar-refractivity contribution in [3.63, 3.8) is 0 Å². The number of methoxy groups -OCH3 is 3. The summed E-state index contributed by atoms with van der Waals surface area (Å²) >= 11 is 0. The predicted octanol–water partition coefficient (Wildman–Crippen LogP) is 3.71. The first-order valence-electron chi connectivity index (χ1n) is 9.52. The van der Waals surface area contributed by atoms with Gasteiger partial charge in [0, 0.05) is 17.8 Å². The summed E-state index contributed by atoms with van der Waals surface area (Å²) in [6.45, 7) is 1.84. The maximum Gasteiger partial charge on any atom is 0.242 e. The van der Waals surface area contributed by atoms with Gasteiger partial charge in [0.25, 0.3) is 0 Å². The lowest BCUT2D eigenvalue weighted by Gasteiger charge is -2.28. The van der Waals surface area contributed by atoms with E-state index in [9.17, 15) is 4.79 Å². The van der Waals surface area contributed by atoms with Crippen LogP contribution in [0.2, 0.25) is 0 Å². The molecule has 0 aliphatic heterocycles. The standard InChI is InChI=1S/C22H28N2O4/c1-14(23-16-12-19(26-2)21(28-4)20(13-16)27-3)22(25)24-18-11-7-9-15-8-5-6-10-17(15)18/h5-6,8,10,12-14,18,23H,7,9,11H2,1-4H3,(H,24,25)/t14-,18+/m0/s1. The normalized spacial score (nSPS) is 16.5. The van der Waals surface area contributed by atoms with Gasteiger partial charge in [0.05, 0.1) is 27.4 Å². The zero-order valence-corrected chi connectivity index (χ0v) is 16.9. The molecule has 3 rings (SSSR count). The summed E-state index contributed by atoms with van der Waals surface area (Å²) in [5.41, 5.74) is 3.27. The molecule has 6 heteroatoms. The fraction of sp³-hybridized carbons (Fsp3) is 0.409. The summed E-state index contributed by atoms with van der Waals surface area (Å²) in [5.74, 6) is 1.55. The van der Waals surface area contributed by atoms with Crippen molar-refractivity contribution in [1.82, 2.24) is 5.32 Å². The van der Waals surface area contributed by atoms with Crippen LogP contribution in [0.3, 0.4) is 0 Å². The van der Waals surface area contributed by atoms with Gasteiger partial charge in [0.1, 0.15) is 6.04 Å². The number of anilines is 1. The minimum Gasteiger partial charge on any atom is -0.493 e. The van der Waals surface area contributed by atoms with Crippen molar-refractivity contribution < 1.29 is 19.0 Å². The quantitative estimate of drug-likeness (QED) is 0.762. The summed E-state index contributed by atoms with van der Waals surface area (Å²) in [5, 5.41) is 6.41. The summed E-state index contributed by atoms with van der Waals surface area (Å²) < 4.78 is 16.1. The molecule has 0 saturated carbocycles. The largest absolute Gasteiger partial charge is 0.493 e. The van der Waals surface area contributed by atoms with E-state index in [4.69, 9.17) is 14.2 Å². The molecule has 0 spiro atoms. The number of hydrogen-bond acceptors (Lipinski definition) is 5. The molecular formula is C22H28N2O4. The molecular weight excluding hydrogens is 356 g/mol. The maximum absolute atomic E-state index is 12.8. The smallest absolute Gasteiger partial charge is 0.242 e. The zero-order valence-electron chi connectivity index (χ0n) is 16.9. The van der Waals surface area contributed by atoms with Gasteiger partial charge >= 0.3 is 0 Å². The second kappa shape index (κ2) is 8.87. The second-order valence-electron chi connectivity index (χ2n) is 6.93. The summed E-state index contributed by atoms with van der Waals surface area (Å²) in [6.07, 6.45) is 3.11. The molecule has 6 nitrogen and oxygen atoms in total. The molecule has 0 aromatic heterocycles. The zero-order chi connectivity index (χ0) is 20.1. The van der Waals surface area contributed by atoms with Crippen LogP contribution in [0.1, 0.15) is 36.9 Å². The summed E-state index contributed by atoms with van der Waals surface area (Å²) in [6, 6.07) is 11.6. The van der Waals surface area contributed by atoms with E-state index in [1.807, 2.05) is 13.0 Å². The fourth-order valence-corrected chi connectivity index (χ4v) is 3.68. The first kappa shape index (κ1) is 19.9. The van der Waals surface area contributed by atoms with E-state index in [0.29, 0.717) is 17.2 Å². The number of fused-ring (bicyclic) bond motifs is 1. The van der Waals surface area contributed by atoms with Crippen LogP contribution in [0.4, 0.5) is 5.69 Å². The van der Waals surface area contributed by atoms with Gasteiger partial charge in [-0.15, -0.1) is 0 Å². The third kappa shape index (κ3) is 4.16. The highest BCUT2D eigenvalue weighted by Crippen LogP contribution is 2.40. The Bertz CT molecular complexity index is 812. The molecule has 0 saturated heterocycles. The fourth-order valence-electron chi connectivity index (χ4n) is 3.68. The lowest BCUT2D eigenvalue weighted by Crippen LogP contribution is -2.40. The van der Waals surface area contributed by atoms with Gasteiger partial charge < -0.3 is 24.8 Å². The molecule has 1 aliphatic rings. The molecule has 1 aliphatic carbocycles. The number of ether oxygens (including phenoxy) is 3. The molecule has 0 fully saturated rings. The summed E-state index contributed by atoms with van der Waals surface area (Å²) in [7, 11) is 4.70. The van der Waals surface area contributed by atoms with E-state index in [-0.39, 0.29) is 11.9 Å². The van der Waals surface area contributed by atoms with E-state index in [1.54, 1.807) is 33.5 Å². The molecule has 1 amide bonds. The van der Waals surface area contributed by atoms with Gasteiger partial charge in [-0.3, -0.25) is 4.79 Å². The molecule has 0 unspecified atom stereocenters. The lowest BCUT2D eigenvalue weighted by atomic mass is 9.87. The number of carbonyl (C=O) groups excluding carboxylic acids is 1. The van der Waals surface area contributed by atoms with Crippen LogP contribution in [0.25, 0.3) is 0 Å². The molecule has 2 aromatic carbocycles. The Morgan fingerprint density at radius 1 is 1.07 bits per heavy atom. The Labute approximate surface area is 166 Å². The highest BCUT2D eigenvalue weighted by molar-refractivity contribution is 5.85. The van der Waals surface area contributed by atoms with Crippen molar-refractivity contribution >= 4 is 11.6 Å². The van der Waals surface area contributed by atoms with Crippen molar-refractivity contribution in [2.24, 2.45) is 0 Å². The summed E-state index contributed by atoms with van der Waals surface area (Å²) in [4.78, 5) is 12.8. The Hall–Kier alpha value is -2.89. The van der Waals surface area contributed by atoms with Gasteiger partial charge in [-0.2, -0.15) is 0 Å². The molecule has 0 bridgehead atoms. The highest BCUT2D eigenvalue weighted by Gasteiger charge is 2.24. The van der Waals surface area contributed by atoms with E-state index >= 15 is 0 Å². The monoisotopic (exact) mass is 384 g/mol. The Kier molecular flexibility index (Phi) is 6.29. The Morgan fingerprint density at radius 2 is 1.75 bits per heavy atom. The lowest BCUT2D eigenvalue weighted by molar-refractivity contribution is -0.122. The minimum atomic E-state index is -0.420. The average molecular weight is 384 g/mol. The van der Waals surface area contributed by atoms with Crippen LogP contribution in [0.5, 0.6) is 17.2 Å². The molecule has 0 radical (unpaired) electrons. The first-order chi connectivity index (χ1) is 13.6. The number of amides is 1. The van der Waals surface area contributed by atoms with Gasteiger partial charge in [-0.25, -0.2) is 0 Å². The van der Waals surface area contributed by atoms with Gasteiger partial charge in [-0.1, -0.05) is 24.3 Å². The molecule has 150 valence electrons. The van der Waals surface area contributed by atoms with E-state index in [0.717, 1.165) is 24.9 Å². The van der Waals surface area contributed by atoms with Crippen LogP contribution in [0, 0.1) is 0 Å². The van der Waals surface area contributed by atoms with Crippen LogP contribution in [-0.2, 0) is 11.2 Å². The molecule has 2 N–H and O–H groups in total. The highest BCUT2D eigenvalue weighted by atomic mass is 16.5. The third-order valence-electron chi connectivity index (χ3n) is 5.13. The number of nitrogens with one attached hydrogen (secondary N) is 2. The van der Waals surface area contributed by atoms with Crippen LogP contribution in [0.15, 0.2) is 36.4 Å². The van der Waals surface area contributed by atoms with Crippen molar-refractivity contribution in [3.8, 4) is 17.2 Å². The Morgan fingerprint density at radius 3 is 2.39 bits per heavy atom. The number of rotatable bonds is 7. The SMILES string of the molecule is COc1cc(N[C@@H](C)C(=O)N[C@@H]2CCCc3ccccc32)cc(OC)c1OC. The van der Waals surface area contributed by atoms with Gasteiger partial charge in [0.15, 0.2) is 11.5 Å². The second-order valence-corrected chi connectivity index (χ2v) is 6.93. The van der Waals surface area contributed by atoms with Crippen LogP contribution in [-0.4, -0.2) is 33.3 Å². The number of carbonyl (C=O) groups is 1. The van der Waals surface area contributed by atoms with Crippen LogP contribution < -0.4 is 24.8 Å². The average Bonchev–Trinajstić information content (AvgIpc) is 2.73. The molecule has 0 heterocycles. The number of benzene rings is 2.